The molecule has 0 fully saturated rings. The number of thiazole rings is 1. The molecule has 2 aromatic rings. The van der Waals surface area contributed by atoms with Crippen molar-refractivity contribution in [3.05, 3.63) is 23.5 Å². The Hall–Kier alpha value is -1.69. The van der Waals surface area contributed by atoms with Gasteiger partial charge in [-0.05, 0) is 0 Å². The first-order chi connectivity index (χ1) is 6.68. The van der Waals surface area contributed by atoms with Gasteiger partial charge in [0.25, 0.3) is 0 Å². The van der Waals surface area contributed by atoms with Gasteiger partial charge in [0, 0.05) is 19.4 Å². The highest BCUT2D eigenvalue weighted by molar-refractivity contribution is 7.16. The number of carboxylic acid groups (broad SMARTS) is 1. The number of carbonyl (C=O) groups is 1. The molecule has 72 valence electrons. The number of carboxylic acids is 1. The fourth-order valence-electron chi connectivity index (χ4n) is 1.05. The van der Waals surface area contributed by atoms with Crippen LogP contribution in [0.25, 0.3) is 10.8 Å². The lowest BCUT2D eigenvalue weighted by Gasteiger charge is -1.94. The standard InChI is InChI=1S/C8H7N3O2S/c1-11-3-2-9-6(11)7-10-4-5(14-7)8(12)13/h2-4H,1H3,(H,12,13). The maximum atomic E-state index is 10.6. The van der Waals surface area contributed by atoms with E-state index in [0.717, 1.165) is 11.3 Å². The Morgan fingerprint density at radius 3 is 2.86 bits per heavy atom. The molecule has 0 aromatic carbocycles. The molecule has 2 heterocycles. The fourth-order valence-corrected chi connectivity index (χ4v) is 1.84. The molecule has 6 heteroatoms. The number of aromatic nitrogens is 3. The van der Waals surface area contributed by atoms with Crippen LogP contribution >= 0.6 is 11.3 Å². The van der Waals surface area contributed by atoms with E-state index in [-0.39, 0.29) is 4.88 Å². The molecule has 0 amide bonds. The number of aromatic carboxylic acids is 1. The molecular formula is C8H7N3O2S. The number of hydrogen-bond acceptors (Lipinski definition) is 4. The second-order valence-electron chi connectivity index (χ2n) is 2.70. The minimum atomic E-state index is -0.956. The summed E-state index contributed by atoms with van der Waals surface area (Å²) in [6.07, 6.45) is 4.78. The molecule has 0 saturated heterocycles. The van der Waals surface area contributed by atoms with E-state index in [4.69, 9.17) is 5.11 Å². The van der Waals surface area contributed by atoms with Gasteiger partial charge in [-0.15, -0.1) is 11.3 Å². The monoisotopic (exact) mass is 209 g/mol. The Bertz CT molecular complexity index is 474. The van der Waals surface area contributed by atoms with Crippen LogP contribution < -0.4 is 0 Å². The summed E-state index contributed by atoms with van der Waals surface area (Å²) in [5.41, 5.74) is 0. The van der Waals surface area contributed by atoms with Crippen LogP contribution in [0.3, 0.4) is 0 Å². The maximum absolute atomic E-state index is 10.6. The molecule has 0 aliphatic carbocycles. The maximum Gasteiger partial charge on any atom is 0.347 e. The molecule has 14 heavy (non-hydrogen) atoms. The molecular weight excluding hydrogens is 202 g/mol. The van der Waals surface area contributed by atoms with E-state index in [1.807, 2.05) is 7.05 Å². The number of rotatable bonds is 2. The van der Waals surface area contributed by atoms with Crippen molar-refractivity contribution in [1.29, 1.82) is 0 Å². The Labute approximate surface area is 83.7 Å². The van der Waals surface area contributed by atoms with Gasteiger partial charge in [-0.2, -0.15) is 0 Å². The molecule has 0 atom stereocenters. The van der Waals surface area contributed by atoms with E-state index in [9.17, 15) is 4.79 Å². The van der Waals surface area contributed by atoms with Crippen molar-refractivity contribution in [3.63, 3.8) is 0 Å². The summed E-state index contributed by atoms with van der Waals surface area (Å²) in [6, 6.07) is 0. The first-order valence-corrected chi connectivity index (χ1v) is 4.67. The summed E-state index contributed by atoms with van der Waals surface area (Å²) in [4.78, 5) is 18.9. The van der Waals surface area contributed by atoms with E-state index in [1.165, 1.54) is 6.20 Å². The molecule has 0 unspecified atom stereocenters. The van der Waals surface area contributed by atoms with Crippen LogP contribution in [-0.4, -0.2) is 25.6 Å². The summed E-state index contributed by atoms with van der Waals surface area (Å²) in [6.45, 7) is 0. The quantitative estimate of drug-likeness (QED) is 0.808. The van der Waals surface area contributed by atoms with Gasteiger partial charge in [-0.1, -0.05) is 0 Å². The zero-order valence-corrected chi connectivity index (χ0v) is 8.15. The van der Waals surface area contributed by atoms with Gasteiger partial charge in [0.05, 0.1) is 6.20 Å². The Kier molecular flexibility index (Phi) is 2.05. The molecule has 0 saturated carbocycles. The highest BCUT2D eigenvalue weighted by Gasteiger charge is 2.12. The van der Waals surface area contributed by atoms with E-state index in [1.54, 1.807) is 17.0 Å². The van der Waals surface area contributed by atoms with E-state index in [2.05, 4.69) is 9.97 Å². The number of hydrogen-bond donors (Lipinski definition) is 1. The summed E-state index contributed by atoms with van der Waals surface area (Å²) in [5, 5.41) is 9.33. The lowest BCUT2D eigenvalue weighted by atomic mass is 10.6. The summed E-state index contributed by atoms with van der Waals surface area (Å²) in [5.74, 6) is -0.273. The topological polar surface area (TPSA) is 68.0 Å². The van der Waals surface area contributed by atoms with Crippen molar-refractivity contribution < 1.29 is 9.90 Å². The highest BCUT2D eigenvalue weighted by atomic mass is 32.1. The second-order valence-corrected chi connectivity index (χ2v) is 3.73. The highest BCUT2D eigenvalue weighted by Crippen LogP contribution is 2.22. The fraction of sp³-hybridized carbons (Fsp3) is 0.125. The van der Waals surface area contributed by atoms with E-state index in [0.29, 0.717) is 10.8 Å². The van der Waals surface area contributed by atoms with Crippen molar-refractivity contribution >= 4 is 17.3 Å². The largest absolute Gasteiger partial charge is 0.477 e. The third kappa shape index (κ3) is 1.39. The Morgan fingerprint density at radius 1 is 1.57 bits per heavy atom. The molecule has 0 aliphatic rings. The average molecular weight is 209 g/mol. The van der Waals surface area contributed by atoms with Crippen LogP contribution in [0.4, 0.5) is 0 Å². The molecule has 0 radical (unpaired) electrons. The Balaban J connectivity index is 2.43. The van der Waals surface area contributed by atoms with Gasteiger partial charge in [-0.3, -0.25) is 0 Å². The summed E-state index contributed by atoms with van der Waals surface area (Å²) >= 11 is 1.12. The Morgan fingerprint density at radius 2 is 2.36 bits per heavy atom. The predicted molar refractivity (Wildman–Crippen MR) is 51.3 cm³/mol. The van der Waals surface area contributed by atoms with E-state index < -0.39 is 5.97 Å². The minimum absolute atomic E-state index is 0.225. The van der Waals surface area contributed by atoms with E-state index >= 15 is 0 Å². The van der Waals surface area contributed by atoms with Crippen LogP contribution in [0, 0.1) is 0 Å². The average Bonchev–Trinajstić information content (AvgIpc) is 2.71. The molecule has 0 bridgehead atoms. The molecule has 0 aliphatic heterocycles. The first-order valence-electron chi connectivity index (χ1n) is 3.85. The lowest BCUT2D eigenvalue weighted by molar-refractivity contribution is 0.0702. The third-order valence-electron chi connectivity index (χ3n) is 1.73. The predicted octanol–water partition coefficient (Wildman–Crippen LogP) is 1.24. The number of aryl methyl sites for hydroxylation is 1. The molecule has 2 aromatic heterocycles. The molecule has 5 nitrogen and oxygen atoms in total. The zero-order valence-electron chi connectivity index (χ0n) is 7.34. The van der Waals surface area contributed by atoms with Crippen LogP contribution in [-0.2, 0) is 7.05 Å². The molecule has 2 rings (SSSR count). The smallest absolute Gasteiger partial charge is 0.347 e. The summed E-state index contributed by atoms with van der Waals surface area (Å²) < 4.78 is 1.80. The zero-order chi connectivity index (χ0) is 10.1. The van der Waals surface area contributed by atoms with Crippen LogP contribution in [0.5, 0.6) is 0 Å². The SMILES string of the molecule is Cn1ccnc1-c1ncc(C(=O)O)s1. The van der Waals surface area contributed by atoms with Crippen molar-refractivity contribution in [1.82, 2.24) is 14.5 Å². The lowest BCUT2D eigenvalue weighted by Crippen LogP contribution is -1.90. The number of imidazole rings is 1. The third-order valence-corrected chi connectivity index (χ3v) is 2.71. The van der Waals surface area contributed by atoms with Gasteiger partial charge >= 0.3 is 5.97 Å². The van der Waals surface area contributed by atoms with Crippen LogP contribution in [0.1, 0.15) is 9.67 Å². The van der Waals surface area contributed by atoms with Crippen LogP contribution in [0.15, 0.2) is 18.6 Å². The van der Waals surface area contributed by atoms with Crippen molar-refractivity contribution in [2.24, 2.45) is 7.05 Å². The normalized spacial score (nSPS) is 10.4. The minimum Gasteiger partial charge on any atom is -0.477 e. The van der Waals surface area contributed by atoms with Crippen LogP contribution in [0.2, 0.25) is 0 Å². The molecule has 1 N–H and O–H groups in total. The van der Waals surface area contributed by atoms with Gasteiger partial charge in [0.15, 0.2) is 10.8 Å². The first kappa shape index (κ1) is 8.89. The van der Waals surface area contributed by atoms with Gasteiger partial charge in [-0.25, -0.2) is 14.8 Å². The van der Waals surface area contributed by atoms with Gasteiger partial charge in [0.1, 0.15) is 4.88 Å². The van der Waals surface area contributed by atoms with Crippen molar-refractivity contribution in [2.45, 2.75) is 0 Å². The van der Waals surface area contributed by atoms with Crippen molar-refractivity contribution in [2.75, 3.05) is 0 Å². The molecule has 0 spiro atoms. The number of nitrogens with zero attached hydrogens (tertiary/aromatic N) is 3. The summed E-state index contributed by atoms with van der Waals surface area (Å²) in [7, 11) is 1.84. The van der Waals surface area contributed by atoms with Gasteiger partial charge in [0.2, 0.25) is 0 Å². The van der Waals surface area contributed by atoms with Gasteiger partial charge < -0.3 is 9.67 Å². The second kappa shape index (κ2) is 3.22. The van der Waals surface area contributed by atoms with Crippen molar-refractivity contribution in [3.8, 4) is 10.8 Å².